The monoisotopic (exact) mass is 212 g/mol. The lowest BCUT2D eigenvalue weighted by atomic mass is 10.1. The van der Waals surface area contributed by atoms with Gasteiger partial charge in [0.15, 0.2) is 0 Å². The number of nitrogens with one attached hydrogen (secondary N) is 1. The molecule has 1 aromatic carbocycles. The second-order valence-corrected chi connectivity index (χ2v) is 4.02. The van der Waals surface area contributed by atoms with Gasteiger partial charge in [0.25, 0.3) is 0 Å². The van der Waals surface area contributed by atoms with Gasteiger partial charge in [0, 0.05) is 18.4 Å². The molecule has 1 atom stereocenters. The van der Waals surface area contributed by atoms with Crippen LogP contribution in [0.4, 0.5) is 5.69 Å². The average Bonchev–Trinajstić information content (AvgIpc) is 2.30. The van der Waals surface area contributed by atoms with Gasteiger partial charge >= 0.3 is 0 Å². The number of hydrogen-bond acceptors (Lipinski definition) is 2. The van der Waals surface area contributed by atoms with Crippen molar-refractivity contribution in [2.24, 2.45) is 0 Å². The summed E-state index contributed by atoms with van der Waals surface area (Å²) in [7, 11) is 0. The van der Waals surface area contributed by atoms with Crippen LogP contribution in [0.3, 0.4) is 0 Å². The fraction of sp³-hybridized carbons (Fsp3) is 0.214. The van der Waals surface area contributed by atoms with Gasteiger partial charge in [-0.2, -0.15) is 0 Å². The summed E-state index contributed by atoms with van der Waals surface area (Å²) in [5.41, 5.74) is 3.64. The van der Waals surface area contributed by atoms with Gasteiger partial charge in [0.05, 0.1) is 5.69 Å². The van der Waals surface area contributed by atoms with Crippen molar-refractivity contribution in [3.05, 3.63) is 59.9 Å². The summed E-state index contributed by atoms with van der Waals surface area (Å²) in [6.07, 6.45) is 3.62. The van der Waals surface area contributed by atoms with Crippen LogP contribution < -0.4 is 5.32 Å². The highest BCUT2D eigenvalue weighted by Crippen LogP contribution is 2.18. The summed E-state index contributed by atoms with van der Waals surface area (Å²) in [5.74, 6) is 0. The van der Waals surface area contributed by atoms with E-state index in [2.05, 4.69) is 48.4 Å². The third kappa shape index (κ3) is 2.60. The van der Waals surface area contributed by atoms with E-state index in [4.69, 9.17) is 0 Å². The molecule has 0 aliphatic carbocycles. The number of aromatic nitrogens is 1. The maximum Gasteiger partial charge on any atom is 0.0531 e. The Labute approximate surface area is 96.4 Å². The Morgan fingerprint density at radius 2 is 2.06 bits per heavy atom. The predicted octanol–water partition coefficient (Wildman–Crippen LogP) is 3.56. The molecular formula is C14H16N2. The van der Waals surface area contributed by atoms with Gasteiger partial charge in [-0.3, -0.25) is 4.98 Å². The minimum Gasteiger partial charge on any atom is -0.377 e. The van der Waals surface area contributed by atoms with Gasteiger partial charge < -0.3 is 5.32 Å². The molecule has 1 N–H and O–H groups in total. The van der Waals surface area contributed by atoms with Gasteiger partial charge in [-0.1, -0.05) is 29.8 Å². The zero-order valence-electron chi connectivity index (χ0n) is 9.64. The first-order valence-corrected chi connectivity index (χ1v) is 5.49. The summed E-state index contributed by atoms with van der Waals surface area (Å²) >= 11 is 0. The summed E-state index contributed by atoms with van der Waals surface area (Å²) in [4.78, 5) is 4.09. The number of hydrogen-bond donors (Lipinski definition) is 1. The maximum absolute atomic E-state index is 4.09. The molecule has 2 rings (SSSR count). The number of anilines is 1. The van der Waals surface area contributed by atoms with E-state index in [1.165, 1.54) is 11.1 Å². The molecular weight excluding hydrogens is 196 g/mol. The number of pyridine rings is 1. The molecule has 2 heteroatoms. The Kier molecular flexibility index (Phi) is 3.20. The quantitative estimate of drug-likeness (QED) is 0.841. The molecule has 0 amide bonds. The second kappa shape index (κ2) is 4.79. The molecule has 0 aliphatic heterocycles. The normalized spacial score (nSPS) is 12.1. The Balaban J connectivity index is 2.12. The fourth-order valence-corrected chi connectivity index (χ4v) is 1.72. The van der Waals surface area contributed by atoms with Gasteiger partial charge in [-0.05, 0) is 31.5 Å². The highest BCUT2D eigenvalue weighted by Gasteiger charge is 2.04. The highest BCUT2D eigenvalue weighted by molar-refractivity contribution is 5.43. The summed E-state index contributed by atoms with van der Waals surface area (Å²) < 4.78 is 0. The molecule has 1 unspecified atom stereocenters. The third-order valence-corrected chi connectivity index (χ3v) is 2.59. The lowest BCUT2D eigenvalue weighted by molar-refractivity contribution is 0.881. The van der Waals surface area contributed by atoms with Gasteiger partial charge in [-0.25, -0.2) is 0 Å². The molecule has 2 nitrogen and oxygen atoms in total. The Bertz CT molecular complexity index is 451. The largest absolute Gasteiger partial charge is 0.377 e. The molecule has 0 spiro atoms. The summed E-state index contributed by atoms with van der Waals surface area (Å²) in [6, 6.07) is 12.8. The van der Waals surface area contributed by atoms with E-state index < -0.39 is 0 Å². The number of benzene rings is 1. The van der Waals surface area contributed by atoms with Crippen LogP contribution >= 0.6 is 0 Å². The molecule has 0 radical (unpaired) electrons. The Hall–Kier alpha value is -1.83. The molecule has 82 valence electrons. The molecule has 0 aliphatic rings. The smallest absolute Gasteiger partial charge is 0.0531 e. The first-order chi connectivity index (χ1) is 7.75. The first kappa shape index (κ1) is 10.7. The second-order valence-electron chi connectivity index (χ2n) is 4.02. The highest BCUT2D eigenvalue weighted by atomic mass is 14.9. The van der Waals surface area contributed by atoms with Crippen LogP contribution in [0.25, 0.3) is 0 Å². The van der Waals surface area contributed by atoms with Gasteiger partial charge in [0.2, 0.25) is 0 Å². The van der Waals surface area contributed by atoms with Crippen molar-refractivity contribution >= 4 is 5.69 Å². The van der Waals surface area contributed by atoms with Crippen LogP contribution in [0.5, 0.6) is 0 Å². The van der Waals surface area contributed by atoms with E-state index >= 15 is 0 Å². The molecule has 0 fully saturated rings. The molecule has 2 aromatic rings. The van der Waals surface area contributed by atoms with Crippen LogP contribution in [0.15, 0.2) is 48.8 Å². The van der Waals surface area contributed by atoms with Crippen molar-refractivity contribution in [1.29, 1.82) is 0 Å². The molecule has 0 bridgehead atoms. The van der Waals surface area contributed by atoms with Crippen molar-refractivity contribution in [2.45, 2.75) is 19.9 Å². The van der Waals surface area contributed by atoms with E-state index in [1.54, 1.807) is 6.20 Å². The van der Waals surface area contributed by atoms with Crippen molar-refractivity contribution in [3.63, 3.8) is 0 Å². The zero-order chi connectivity index (χ0) is 11.4. The summed E-state index contributed by atoms with van der Waals surface area (Å²) in [5, 5.41) is 3.42. The Morgan fingerprint density at radius 1 is 1.19 bits per heavy atom. The van der Waals surface area contributed by atoms with E-state index in [0.29, 0.717) is 6.04 Å². The molecule has 16 heavy (non-hydrogen) atoms. The van der Waals surface area contributed by atoms with Gasteiger partial charge in [0.1, 0.15) is 0 Å². The number of rotatable bonds is 3. The van der Waals surface area contributed by atoms with E-state index in [9.17, 15) is 0 Å². The topological polar surface area (TPSA) is 24.9 Å². The zero-order valence-corrected chi connectivity index (χ0v) is 9.64. The lowest BCUT2D eigenvalue weighted by Gasteiger charge is -2.15. The van der Waals surface area contributed by atoms with Crippen molar-refractivity contribution < 1.29 is 0 Å². The minimum atomic E-state index is 0.295. The van der Waals surface area contributed by atoms with Crippen molar-refractivity contribution in [2.75, 3.05) is 5.32 Å². The van der Waals surface area contributed by atoms with Crippen molar-refractivity contribution in [3.8, 4) is 0 Å². The average molecular weight is 212 g/mol. The van der Waals surface area contributed by atoms with Crippen LogP contribution in [0.1, 0.15) is 24.1 Å². The number of nitrogens with zero attached hydrogens (tertiary/aromatic N) is 1. The molecule has 0 saturated carbocycles. The Morgan fingerprint density at radius 3 is 2.75 bits per heavy atom. The maximum atomic E-state index is 4.09. The fourth-order valence-electron chi connectivity index (χ4n) is 1.72. The molecule has 1 heterocycles. The van der Waals surface area contributed by atoms with E-state index in [-0.39, 0.29) is 0 Å². The number of aryl methyl sites for hydroxylation is 1. The van der Waals surface area contributed by atoms with E-state index in [0.717, 1.165) is 5.69 Å². The van der Waals surface area contributed by atoms with Crippen molar-refractivity contribution in [1.82, 2.24) is 4.98 Å². The lowest BCUT2D eigenvalue weighted by Crippen LogP contribution is -2.06. The van der Waals surface area contributed by atoms with Crippen LogP contribution in [-0.4, -0.2) is 4.98 Å². The van der Waals surface area contributed by atoms with Crippen LogP contribution in [-0.2, 0) is 0 Å². The van der Waals surface area contributed by atoms with E-state index in [1.807, 2.05) is 18.3 Å². The minimum absolute atomic E-state index is 0.295. The third-order valence-electron chi connectivity index (χ3n) is 2.59. The standard InChI is InChI=1S/C14H16N2/c1-11-5-3-6-13(9-11)12(2)16-14-7-4-8-15-10-14/h3-10,12,16H,1-2H3. The SMILES string of the molecule is Cc1cccc(C(C)Nc2cccnc2)c1. The molecule has 1 aromatic heterocycles. The first-order valence-electron chi connectivity index (χ1n) is 5.49. The van der Waals surface area contributed by atoms with Crippen LogP contribution in [0.2, 0.25) is 0 Å². The molecule has 0 saturated heterocycles. The summed E-state index contributed by atoms with van der Waals surface area (Å²) in [6.45, 7) is 4.27. The predicted molar refractivity (Wildman–Crippen MR) is 67.5 cm³/mol. The van der Waals surface area contributed by atoms with Crippen LogP contribution in [0, 0.1) is 6.92 Å². The van der Waals surface area contributed by atoms with Gasteiger partial charge in [-0.15, -0.1) is 0 Å².